The average Bonchev–Trinajstić information content (AvgIpc) is 3.30. The molecule has 1 saturated heterocycles. The third-order valence-corrected chi connectivity index (χ3v) is 6.14. The smallest absolute Gasteiger partial charge is 0.233 e. The van der Waals surface area contributed by atoms with Crippen molar-refractivity contribution in [3.05, 3.63) is 53.1 Å². The monoisotopic (exact) mass is 371 g/mol. The lowest BCUT2D eigenvalue weighted by Gasteiger charge is -2.35. The first-order chi connectivity index (χ1) is 12.5. The largest absolute Gasteiger partial charge is 0.341 e. The second-order valence-corrected chi connectivity index (χ2v) is 8.40. The summed E-state index contributed by atoms with van der Waals surface area (Å²) in [6.45, 7) is 5.98. The van der Waals surface area contributed by atoms with E-state index in [4.69, 9.17) is 11.6 Å². The molecule has 2 aromatic rings. The first kappa shape index (κ1) is 17.6. The molecule has 26 heavy (non-hydrogen) atoms. The number of carbonyl (C=O) groups excluding carboxylic acids is 1. The molecule has 0 unspecified atom stereocenters. The van der Waals surface area contributed by atoms with Crippen molar-refractivity contribution in [2.75, 3.05) is 13.1 Å². The lowest BCUT2D eigenvalue weighted by atomic mass is 9.91. The number of aromatic nitrogens is 2. The van der Waals surface area contributed by atoms with Crippen LogP contribution in [0.4, 0.5) is 0 Å². The maximum Gasteiger partial charge on any atom is 0.233 e. The zero-order valence-electron chi connectivity index (χ0n) is 15.5. The van der Waals surface area contributed by atoms with Crippen molar-refractivity contribution in [3.63, 3.8) is 0 Å². The van der Waals surface area contributed by atoms with E-state index in [-0.39, 0.29) is 11.3 Å². The fourth-order valence-corrected chi connectivity index (χ4v) is 4.40. The molecule has 0 radical (unpaired) electrons. The lowest BCUT2D eigenvalue weighted by molar-refractivity contribution is -0.135. The second-order valence-electron chi connectivity index (χ2n) is 7.97. The number of carbonyl (C=O) groups is 1. The number of rotatable bonds is 4. The highest BCUT2D eigenvalue weighted by Gasteiger charge is 2.53. The second kappa shape index (κ2) is 6.73. The minimum Gasteiger partial charge on any atom is -0.341 e. The number of imidazole rings is 1. The molecule has 2 heterocycles. The van der Waals surface area contributed by atoms with Crippen LogP contribution in [0.15, 0.2) is 36.7 Å². The van der Waals surface area contributed by atoms with E-state index >= 15 is 0 Å². The molecule has 1 aliphatic heterocycles. The summed E-state index contributed by atoms with van der Waals surface area (Å²) in [6, 6.07) is 8.20. The van der Waals surface area contributed by atoms with Gasteiger partial charge in [0.2, 0.25) is 5.91 Å². The van der Waals surface area contributed by atoms with Crippen LogP contribution in [0.25, 0.3) is 0 Å². The van der Waals surface area contributed by atoms with Crippen LogP contribution < -0.4 is 0 Å². The molecular weight excluding hydrogens is 346 g/mol. The summed E-state index contributed by atoms with van der Waals surface area (Å²) >= 11 is 6.02. The minimum absolute atomic E-state index is 0.284. The summed E-state index contributed by atoms with van der Waals surface area (Å²) in [5.74, 6) is 1.73. The number of piperidine rings is 1. The van der Waals surface area contributed by atoms with Gasteiger partial charge in [-0.2, -0.15) is 0 Å². The Morgan fingerprint density at radius 2 is 2.00 bits per heavy atom. The summed E-state index contributed by atoms with van der Waals surface area (Å²) < 4.78 is 2.24. The lowest BCUT2D eigenvalue weighted by Crippen LogP contribution is -2.45. The highest BCUT2D eigenvalue weighted by Crippen LogP contribution is 2.50. The van der Waals surface area contributed by atoms with E-state index in [1.54, 1.807) is 0 Å². The Bertz CT molecular complexity index is 792. The summed E-state index contributed by atoms with van der Waals surface area (Å²) in [5, 5.41) is 0.718. The van der Waals surface area contributed by atoms with Gasteiger partial charge in [-0.25, -0.2) is 4.98 Å². The molecule has 1 aromatic carbocycles. The Hall–Kier alpha value is -1.81. The molecule has 1 aliphatic carbocycles. The fourth-order valence-electron chi connectivity index (χ4n) is 4.27. The summed E-state index contributed by atoms with van der Waals surface area (Å²) in [5.41, 5.74) is 0.789. The molecule has 0 spiro atoms. The first-order valence-corrected chi connectivity index (χ1v) is 9.97. The zero-order chi connectivity index (χ0) is 18.3. The van der Waals surface area contributed by atoms with Gasteiger partial charge in [-0.15, -0.1) is 0 Å². The predicted octanol–water partition coefficient (Wildman–Crippen LogP) is 4.56. The van der Waals surface area contributed by atoms with Gasteiger partial charge in [-0.05, 0) is 57.2 Å². The number of halogens is 1. The SMILES string of the molecule is CC(C)n1ccnc1[C@@H]1CCCN(C(=O)C2(c3ccc(Cl)cc3)CC2)C1. The van der Waals surface area contributed by atoms with Crippen LogP contribution in [-0.2, 0) is 10.2 Å². The van der Waals surface area contributed by atoms with Gasteiger partial charge in [-0.3, -0.25) is 4.79 Å². The minimum atomic E-state index is -0.319. The van der Waals surface area contributed by atoms with Crippen LogP contribution in [0, 0.1) is 0 Å². The molecule has 2 aliphatic rings. The molecule has 0 bridgehead atoms. The average molecular weight is 372 g/mol. The molecule has 1 amide bonds. The van der Waals surface area contributed by atoms with Crippen LogP contribution in [0.2, 0.25) is 5.02 Å². The molecule has 1 atom stereocenters. The van der Waals surface area contributed by atoms with Gasteiger partial charge in [0.1, 0.15) is 5.82 Å². The van der Waals surface area contributed by atoms with E-state index in [0.717, 1.165) is 55.2 Å². The Balaban J connectivity index is 1.53. The van der Waals surface area contributed by atoms with Crippen molar-refractivity contribution in [1.82, 2.24) is 14.5 Å². The Kier molecular flexibility index (Phi) is 4.55. The van der Waals surface area contributed by atoms with Crippen LogP contribution >= 0.6 is 11.6 Å². The van der Waals surface area contributed by atoms with E-state index in [0.29, 0.717) is 12.0 Å². The summed E-state index contributed by atoms with van der Waals surface area (Å²) in [6.07, 6.45) is 7.95. The van der Waals surface area contributed by atoms with Gasteiger partial charge in [0.15, 0.2) is 0 Å². The molecule has 1 aromatic heterocycles. The number of nitrogens with zero attached hydrogens (tertiary/aromatic N) is 3. The predicted molar refractivity (Wildman–Crippen MR) is 104 cm³/mol. The van der Waals surface area contributed by atoms with Gasteiger partial charge < -0.3 is 9.47 Å². The standard InChI is InChI=1S/C21H26ClN3O/c1-15(2)25-13-11-23-19(25)16-4-3-12-24(14-16)20(26)21(9-10-21)17-5-7-18(22)8-6-17/h5-8,11,13,15-16H,3-4,9-10,12,14H2,1-2H3/t16-/m1/s1. The van der Waals surface area contributed by atoms with Crippen LogP contribution in [0.5, 0.6) is 0 Å². The molecule has 4 nitrogen and oxygen atoms in total. The maximum atomic E-state index is 13.4. The van der Waals surface area contributed by atoms with Gasteiger partial charge >= 0.3 is 0 Å². The highest BCUT2D eigenvalue weighted by atomic mass is 35.5. The molecule has 4 rings (SSSR count). The Morgan fingerprint density at radius 1 is 1.27 bits per heavy atom. The summed E-state index contributed by atoms with van der Waals surface area (Å²) in [7, 11) is 0. The Labute approximate surface area is 160 Å². The number of hydrogen-bond donors (Lipinski definition) is 0. The number of benzene rings is 1. The molecule has 1 saturated carbocycles. The van der Waals surface area contributed by atoms with Gasteiger partial charge in [0, 0.05) is 42.5 Å². The number of hydrogen-bond acceptors (Lipinski definition) is 2. The molecule has 0 N–H and O–H groups in total. The van der Waals surface area contributed by atoms with Crippen molar-refractivity contribution in [2.24, 2.45) is 0 Å². The van der Waals surface area contributed by atoms with Crippen molar-refractivity contribution in [1.29, 1.82) is 0 Å². The number of likely N-dealkylation sites (tertiary alicyclic amines) is 1. The normalized spacial score (nSPS) is 21.8. The van der Waals surface area contributed by atoms with Gasteiger partial charge in [0.25, 0.3) is 0 Å². The van der Waals surface area contributed by atoms with Gasteiger partial charge in [0.05, 0.1) is 5.41 Å². The van der Waals surface area contributed by atoms with Crippen molar-refractivity contribution >= 4 is 17.5 Å². The van der Waals surface area contributed by atoms with Gasteiger partial charge in [-0.1, -0.05) is 23.7 Å². The zero-order valence-corrected chi connectivity index (χ0v) is 16.2. The van der Waals surface area contributed by atoms with Crippen LogP contribution in [0.1, 0.15) is 62.9 Å². The van der Waals surface area contributed by atoms with E-state index in [1.165, 1.54) is 0 Å². The Morgan fingerprint density at radius 3 is 2.65 bits per heavy atom. The van der Waals surface area contributed by atoms with Crippen molar-refractivity contribution < 1.29 is 4.79 Å². The first-order valence-electron chi connectivity index (χ1n) is 9.59. The van der Waals surface area contributed by atoms with E-state index < -0.39 is 0 Å². The van der Waals surface area contributed by atoms with Crippen molar-refractivity contribution in [3.8, 4) is 0 Å². The quantitative estimate of drug-likeness (QED) is 0.790. The van der Waals surface area contributed by atoms with E-state index in [2.05, 4.69) is 34.5 Å². The maximum absolute atomic E-state index is 13.4. The van der Waals surface area contributed by atoms with E-state index in [1.807, 2.05) is 30.5 Å². The molecule has 2 fully saturated rings. The molecular formula is C21H26ClN3O. The fraction of sp³-hybridized carbons (Fsp3) is 0.524. The summed E-state index contributed by atoms with van der Waals surface area (Å²) in [4.78, 5) is 20.1. The molecule has 5 heteroatoms. The third kappa shape index (κ3) is 3.05. The van der Waals surface area contributed by atoms with E-state index in [9.17, 15) is 4.79 Å². The van der Waals surface area contributed by atoms with Crippen LogP contribution in [0.3, 0.4) is 0 Å². The highest BCUT2D eigenvalue weighted by molar-refractivity contribution is 6.30. The number of amides is 1. The third-order valence-electron chi connectivity index (χ3n) is 5.88. The topological polar surface area (TPSA) is 38.1 Å². The van der Waals surface area contributed by atoms with Crippen LogP contribution in [-0.4, -0.2) is 33.4 Å². The molecule has 138 valence electrons. The van der Waals surface area contributed by atoms with Crippen molar-refractivity contribution in [2.45, 2.75) is 56.9 Å².